The standard InChI is InChI=1S/C21H29NO2/c1-4-18(3)22(14-19-12-10-17(2)11-13-19)15-20(23)16-24-21-8-6-5-7-9-21/h5-13,18,20,23H,4,14-16H2,1-3H3/t18-,20+/m1/s1. The van der Waals surface area contributed by atoms with Gasteiger partial charge in [0.1, 0.15) is 18.5 Å². The maximum absolute atomic E-state index is 10.4. The zero-order valence-corrected chi connectivity index (χ0v) is 15.0. The number of rotatable bonds is 9. The van der Waals surface area contributed by atoms with E-state index in [4.69, 9.17) is 4.74 Å². The zero-order chi connectivity index (χ0) is 17.4. The number of para-hydroxylation sites is 1. The Morgan fingerprint density at radius 1 is 1.04 bits per heavy atom. The van der Waals surface area contributed by atoms with Crippen molar-refractivity contribution in [1.82, 2.24) is 4.90 Å². The SMILES string of the molecule is CC[C@@H](C)N(Cc1ccc(C)cc1)C[C@H](O)COc1ccccc1. The van der Waals surface area contributed by atoms with Crippen molar-refractivity contribution in [3.05, 3.63) is 65.7 Å². The highest BCUT2D eigenvalue weighted by atomic mass is 16.5. The Balaban J connectivity index is 1.91. The van der Waals surface area contributed by atoms with Gasteiger partial charge < -0.3 is 9.84 Å². The van der Waals surface area contributed by atoms with Gasteiger partial charge in [0.2, 0.25) is 0 Å². The number of nitrogens with zero attached hydrogens (tertiary/aromatic N) is 1. The van der Waals surface area contributed by atoms with E-state index in [0.717, 1.165) is 18.7 Å². The van der Waals surface area contributed by atoms with E-state index in [1.54, 1.807) is 0 Å². The smallest absolute Gasteiger partial charge is 0.119 e. The van der Waals surface area contributed by atoms with Crippen molar-refractivity contribution in [2.75, 3.05) is 13.2 Å². The summed E-state index contributed by atoms with van der Waals surface area (Å²) in [6, 6.07) is 18.7. The lowest BCUT2D eigenvalue weighted by atomic mass is 10.1. The van der Waals surface area contributed by atoms with E-state index in [1.807, 2.05) is 30.3 Å². The number of aliphatic hydroxyl groups is 1. The molecule has 0 saturated heterocycles. The number of aliphatic hydroxyl groups excluding tert-OH is 1. The minimum absolute atomic E-state index is 0.310. The Morgan fingerprint density at radius 3 is 2.33 bits per heavy atom. The molecule has 2 aromatic carbocycles. The summed E-state index contributed by atoms with van der Waals surface area (Å²) >= 11 is 0. The van der Waals surface area contributed by atoms with Gasteiger partial charge in [-0.25, -0.2) is 0 Å². The predicted molar refractivity (Wildman–Crippen MR) is 99.3 cm³/mol. The molecular weight excluding hydrogens is 298 g/mol. The van der Waals surface area contributed by atoms with Gasteiger partial charge in [0.25, 0.3) is 0 Å². The molecule has 0 amide bonds. The molecule has 3 nitrogen and oxygen atoms in total. The molecule has 0 spiro atoms. The second-order valence-corrected chi connectivity index (χ2v) is 6.45. The molecule has 2 rings (SSSR count). The maximum Gasteiger partial charge on any atom is 0.119 e. The van der Waals surface area contributed by atoms with Crippen LogP contribution in [-0.4, -0.2) is 35.3 Å². The normalized spacial score (nSPS) is 13.7. The van der Waals surface area contributed by atoms with E-state index in [2.05, 4.69) is 49.9 Å². The van der Waals surface area contributed by atoms with Crippen molar-refractivity contribution in [1.29, 1.82) is 0 Å². The highest BCUT2D eigenvalue weighted by Gasteiger charge is 2.17. The van der Waals surface area contributed by atoms with Crippen LogP contribution >= 0.6 is 0 Å². The van der Waals surface area contributed by atoms with Crippen molar-refractivity contribution in [3.63, 3.8) is 0 Å². The summed E-state index contributed by atoms with van der Waals surface area (Å²) in [6.45, 7) is 8.25. The van der Waals surface area contributed by atoms with Gasteiger partial charge in [-0.05, 0) is 38.0 Å². The van der Waals surface area contributed by atoms with Gasteiger partial charge in [0, 0.05) is 19.1 Å². The van der Waals surface area contributed by atoms with E-state index in [-0.39, 0.29) is 0 Å². The highest BCUT2D eigenvalue weighted by Crippen LogP contribution is 2.14. The van der Waals surface area contributed by atoms with E-state index in [9.17, 15) is 5.11 Å². The highest BCUT2D eigenvalue weighted by molar-refractivity contribution is 5.22. The zero-order valence-electron chi connectivity index (χ0n) is 15.0. The topological polar surface area (TPSA) is 32.7 Å². The third-order valence-corrected chi connectivity index (χ3v) is 4.35. The van der Waals surface area contributed by atoms with Gasteiger partial charge in [-0.2, -0.15) is 0 Å². The summed E-state index contributed by atoms with van der Waals surface area (Å²) in [6.07, 6.45) is 0.544. The molecule has 2 atom stereocenters. The summed E-state index contributed by atoms with van der Waals surface area (Å²) in [5.74, 6) is 0.796. The molecule has 0 fully saturated rings. The molecule has 0 saturated carbocycles. The van der Waals surface area contributed by atoms with Crippen LogP contribution in [0.1, 0.15) is 31.4 Å². The quantitative estimate of drug-likeness (QED) is 0.754. The Labute approximate surface area is 145 Å². The van der Waals surface area contributed by atoms with Gasteiger partial charge >= 0.3 is 0 Å². The van der Waals surface area contributed by atoms with Crippen LogP contribution in [0.5, 0.6) is 5.75 Å². The lowest BCUT2D eigenvalue weighted by Crippen LogP contribution is -2.40. The van der Waals surface area contributed by atoms with E-state index < -0.39 is 6.10 Å². The molecule has 0 bridgehead atoms. The lowest BCUT2D eigenvalue weighted by molar-refractivity contribution is 0.0506. The number of hydrogen-bond donors (Lipinski definition) is 1. The van der Waals surface area contributed by atoms with Crippen molar-refractivity contribution in [3.8, 4) is 5.75 Å². The van der Waals surface area contributed by atoms with E-state index in [1.165, 1.54) is 11.1 Å². The van der Waals surface area contributed by atoms with Gasteiger partial charge in [0.15, 0.2) is 0 Å². The molecule has 3 heteroatoms. The third-order valence-electron chi connectivity index (χ3n) is 4.35. The van der Waals surface area contributed by atoms with Gasteiger partial charge in [-0.3, -0.25) is 4.90 Å². The molecule has 130 valence electrons. The van der Waals surface area contributed by atoms with Crippen LogP contribution in [0.15, 0.2) is 54.6 Å². The molecule has 2 aromatic rings. The molecule has 1 N–H and O–H groups in total. The Morgan fingerprint density at radius 2 is 1.71 bits per heavy atom. The van der Waals surface area contributed by atoms with Crippen LogP contribution in [0.25, 0.3) is 0 Å². The van der Waals surface area contributed by atoms with Gasteiger partial charge in [-0.15, -0.1) is 0 Å². The van der Waals surface area contributed by atoms with E-state index in [0.29, 0.717) is 19.2 Å². The molecule has 0 aromatic heterocycles. The molecule has 0 aliphatic heterocycles. The second-order valence-electron chi connectivity index (χ2n) is 6.45. The lowest BCUT2D eigenvalue weighted by Gasteiger charge is -2.30. The summed E-state index contributed by atoms with van der Waals surface area (Å²) < 4.78 is 5.67. The first kappa shape index (κ1) is 18.5. The molecule has 0 aliphatic rings. The maximum atomic E-state index is 10.4. The minimum Gasteiger partial charge on any atom is -0.491 e. The first-order valence-corrected chi connectivity index (χ1v) is 8.74. The summed E-state index contributed by atoms with van der Waals surface area (Å²) in [4.78, 5) is 2.32. The largest absolute Gasteiger partial charge is 0.491 e. The van der Waals surface area contributed by atoms with Crippen LogP contribution in [0.4, 0.5) is 0 Å². The van der Waals surface area contributed by atoms with Crippen LogP contribution in [-0.2, 0) is 6.54 Å². The second kappa shape index (κ2) is 9.45. The molecule has 0 radical (unpaired) electrons. The number of ether oxygens (including phenoxy) is 1. The fourth-order valence-corrected chi connectivity index (χ4v) is 2.62. The Bertz CT molecular complexity index is 583. The van der Waals surface area contributed by atoms with Crippen LogP contribution in [0.2, 0.25) is 0 Å². The average molecular weight is 327 g/mol. The first-order chi connectivity index (χ1) is 11.6. The Hall–Kier alpha value is -1.84. The fraction of sp³-hybridized carbons (Fsp3) is 0.429. The number of benzene rings is 2. The van der Waals surface area contributed by atoms with Crippen molar-refractivity contribution >= 4 is 0 Å². The average Bonchev–Trinajstić information content (AvgIpc) is 2.61. The molecule has 0 unspecified atom stereocenters. The van der Waals surface area contributed by atoms with Crippen LogP contribution in [0, 0.1) is 6.92 Å². The van der Waals surface area contributed by atoms with E-state index >= 15 is 0 Å². The third kappa shape index (κ3) is 5.99. The van der Waals surface area contributed by atoms with Crippen molar-refractivity contribution in [2.45, 2.75) is 45.9 Å². The fourth-order valence-electron chi connectivity index (χ4n) is 2.62. The number of aryl methyl sites for hydroxylation is 1. The Kier molecular flexibility index (Phi) is 7.29. The van der Waals surface area contributed by atoms with Gasteiger partial charge in [0.05, 0.1) is 0 Å². The molecular formula is C21H29NO2. The number of hydrogen-bond acceptors (Lipinski definition) is 3. The minimum atomic E-state index is -0.510. The summed E-state index contributed by atoms with van der Waals surface area (Å²) in [7, 11) is 0. The summed E-state index contributed by atoms with van der Waals surface area (Å²) in [5.41, 5.74) is 2.54. The monoisotopic (exact) mass is 327 g/mol. The van der Waals surface area contributed by atoms with Crippen LogP contribution in [0.3, 0.4) is 0 Å². The molecule has 0 heterocycles. The molecule has 24 heavy (non-hydrogen) atoms. The summed E-state index contributed by atoms with van der Waals surface area (Å²) in [5, 5.41) is 10.4. The van der Waals surface area contributed by atoms with Crippen molar-refractivity contribution < 1.29 is 9.84 Å². The predicted octanol–water partition coefficient (Wildman–Crippen LogP) is 4.04. The van der Waals surface area contributed by atoms with Gasteiger partial charge in [-0.1, -0.05) is 55.0 Å². The molecule has 0 aliphatic carbocycles. The van der Waals surface area contributed by atoms with Crippen LogP contribution < -0.4 is 4.74 Å². The van der Waals surface area contributed by atoms with Crippen molar-refractivity contribution in [2.24, 2.45) is 0 Å². The first-order valence-electron chi connectivity index (χ1n) is 8.74.